The fourth-order valence-electron chi connectivity index (χ4n) is 2.81. The van der Waals surface area contributed by atoms with Gasteiger partial charge in [-0.1, -0.05) is 60.2 Å². The van der Waals surface area contributed by atoms with Gasteiger partial charge in [0.2, 0.25) is 0 Å². The Morgan fingerprint density at radius 1 is 0.923 bits per heavy atom. The van der Waals surface area contributed by atoms with Crippen molar-refractivity contribution in [2.45, 2.75) is 39.9 Å². The second-order valence-corrected chi connectivity index (χ2v) is 6.81. The van der Waals surface area contributed by atoms with Crippen LogP contribution in [-0.2, 0) is 13.1 Å². The number of rotatable bonds is 7. The highest BCUT2D eigenvalue weighted by Gasteiger charge is 2.13. The quantitative estimate of drug-likeness (QED) is 0.666. The molecule has 0 amide bonds. The number of nitrogens with one attached hydrogen (secondary N) is 1. The lowest BCUT2D eigenvalue weighted by atomic mass is 10.1. The lowest BCUT2D eigenvalue weighted by molar-refractivity contribution is 0.671. The van der Waals surface area contributed by atoms with E-state index >= 15 is 0 Å². The van der Waals surface area contributed by atoms with Gasteiger partial charge in [-0.2, -0.15) is 0 Å². The first-order valence-electron chi connectivity index (χ1n) is 9.04. The Morgan fingerprint density at radius 3 is 2.35 bits per heavy atom. The molecule has 0 unspecified atom stereocenters. The van der Waals surface area contributed by atoms with Crippen LogP contribution in [0.5, 0.6) is 0 Å². The van der Waals surface area contributed by atoms with Crippen LogP contribution < -0.4 is 10.2 Å². The predicted octanol–water partition coefficient (Wildman–Crippen LogP) is 4.81. The molecule has 0 bridgehead atoms. The Balaban J connectivity index is 1.72. The van der Waals surface area contributed by atoms with E-state index < -0.39 is 0 Å². The second-order valence-electron chi connectivity index (χ2n) is 6.81. The van der Waals surface area contributed by atoms with E-state index in [1.165, 1.54) is 16.7 Å². The van der Waals surface area contributed by atoms with Crippen LogP contribution in [0, 0.1) is 6.92 Å². The summed E-state index contributed by atoms with van der Waals surface area (Å²) in [6.07, 6.45) is 1.63. The number of hydrogen-bond acceptors (Lipinski definition) is 4. The van der Waals surface area contributed by atoms with Crippen LogP contribution in [-0.4, -0.2) is 16.0 Å². The molecule has 3 aromatic rings. The van der Waals surface area contributed by atoms with Crippen molar-refractivity contribution in [3.63, 3.8) is 0 Å². The van der Waals surface area contributed by atoms with Crippen LogP contribution in [0.4, 0.5) is 11.6 Å². The highest BCUT2D eigenvalue weighted by Crippen LogP contribution is 2.20. The molecule has 4 heteroatoms. The fourth-order valence-corrected chi connectivity index (χ4v) is 2.81. The standard InChI is InChI=1S/C22H26N4/c1-17(2)26(15-20-7-5-4-6-8-20)22-13-21(24-16-25-22)23-14-19-11-9-18(3)10-12-19/h4-13,16-17H,14-15H2,1-3H3,(H,23,24,25). The summed E-state index contributed by atoms with van der Waals surface area (Å²) in [4.78, 5) is 11.2. The van der Waals surface area contributed by atoms with Crippen molar-refractivity contribution in [1.82, 2.24) is 9.97 Å². The van der Waals surface area contributed by atoms with E-state index in [1.807, 2.05) is 12.1 Å². The molecule has 0 atom stereocenters. The normalized spacial score (nSPS) is 10.8. The van der Waals surface area contributed by atoms with E-state index in [2.05, 4.69) is 89.5 Å². The van der Waals surface area contributed by atoms with Gasteiger partial charge in [0.1, 0.15) is 18.0 Å². The van der Waals surface area contributed by atoms with Gasteiger partial charge in [-0.25, -0.2) is 9.97 Å². The largest absolute Gasteiger partial charge is 0.366 e. The molecule has 1 aromatic heterocycles. The molecule has 0 fully saturated rings. The molecule has 0 radical (unpaired) electrons. The molecule has 2 aromatic carbocycles. The predicted molar refractivity (Wildman–Crippen MR) is 108 cm³/mol. The van der Waals surface area contributed by atoms with Crippen molar-refractivity contribution >= 4 is 11.6 Å². The zero-order valence-corrected chi connectivity index (χ0v) is 15.7. The maximum Gasteiger partial charge on any atom is 0.134 e. The molecule has 4 nitrogen and oxygen atoms in total. The van der Waals surface area contributed by atoms with Crippen LogP contribution in [0.15, 0.2) is 67.0 Å². The molecule has 0 saturated carbocycles. The average molecular weight is 346 g/mol. The Kier molecular flexibility index (Phi) is 5.84. The van der Waals surface area contributed by atoms with E-state index in [-0.39, 0.29) is 0 Å². The molecular weight excluding hydrogens is 320 g/mol. The third kappa shape index (κ3) is 4.82. The van der Waals surface area contributed by atoms with Gasteiger partial charge >= 0.3 is 0 Å². The maximum absolute atomic E-state index is 4.50. The van der Waals surface area contributed by atoms with Crippen molar-refractivity contribution in [2.75, 3.05) is 10.2 Å². The summed E-state index contributed by atoms with van der Waals surface area (Å²) in [5.74, 6) is 1.78. The molecular formula is C22H26N4. The average Bonchev–Trinajstić information content (AvgIpc) is 2.66. The SMILES string of the molecule is Cc1ccc(CNc2cc(N(Cc3ccccc3)C(C)C)ncn2)cc1. The number of benzene rings is 2. The molecule has 0 aliphatic heterocycles. The van der Waals surface area contributed by atoms with E-state index in [4.69, 9.17) is 0 Å². The van der Waals surface area contributed by atoms with Crippen LogP contribution >= 0.6 is 0 Å². The molecule has 134 valence electrons. The zero-order valence-electron chi connectivity index (χ0n) is 15.7. The Morgan fingerprint density at radius 2 is 1.65 bits per heavy atom. The van der Waals surface area contributed by atoms with E-state index in [9.17, 15) is 0 Å². The summed E-state index contributed by atoms with van der Waals surface area (Å²) in [6, 6.07) is 21.4. The van der Waals surface area contributed by atoms with Gasteiger partial charge in [0, 0.05) is 25.2 Å². The number of anilines is 2. The Hall–Kier alpha value is -2.88. The van der Waals surface area contributed by atoms with Crippen molar-refractivity contribution in [3.8, 4) is 0 Å². The third-order valence-electron chi connectivity index (χ3n) is 4.36. The molecule has 0 aliphatic carbocycles. The highest BCUT2D eigenvalue weighted by molar-refractivity contribution is 5.49. The Labute approximate surface area is 155 Å². The number of aromatic nitrogens is 2. The van der Waals surface area contributed by atoms with Crippen molar-refractivity contribution in [1.29, 1.82) is 0 Å². The molecule has 0 spiro atoms. The van der Waals surface area contributed by atoms with Crippen molar-refractivity contribution in [3.05, 3.63) is 83.7 Å². The first kappa shape index (κ1) is 17.9. The molecule has 1 N–H and O–H groups in total. The molecule has 26 heavy (non-hydrogen) atoms. The summed E-state index contributed by atoms with van der Waals surface area (Å²) < 4.78 is 0. The molecule has 0 saturated heterocycles. The zero-order chi connectivity index (χ0) is 18.4. The highest BCUT2D eigenvalue weighted by atomic mass is 15.2. The minimum Gasteiger partial charge on any atom is -0.366 e. The van der Waals surface area contributed by atoms with Gasteiger partial charge in [-0.15, -0.1) is 0 Å². The lowest BCUT2D eigenvalue weighted by Crippen LogP contribution is -2.31. The van der Waals surface area contributed by atoms with E-state index in [0.29, 0.717) is 6.04 Å². The second kappa shape index (κ2) is 8.48. The van der Waals surface area contributed by atoms with Crippen molar-refractivity contribution < 1.29 is 0 Å². The smallest absolute Gasteiger partial charge is 0.134 e. The van der Waals surface area contributed by atoms with Gasteiger partial charge in [-0.3, -0.25) is 0 Å². The van der Waals surface area contributed by atoms with Gasteiger partial charge in [0.05, 0.1) is 0 Å². The van der Waals surface area contributed by atoms with E-state index in [1.54, 1.807) is 6.33 Å². The summed E-state index contributed by atoms with van der Waals surface area (Å²) in [5, 5.41) is 3.40. The van der Waals surface area contributed by atoms with Crippen LogP contribution in [0.2, 0.25) is 0 Å². The Bertz CT molecular complexity index is 813. The first-order chi connectivity index (χ1) is 12.6. The number of aryl methyl sites for hydroxylation is 1. The van der Waals surface area contributed by atoms with Gasteiger partial charge in [0.25, 0.3) is 0 Å². The molecule has 0 aliphatic rings. The topological polar surface area (TPSA) is 41.0 Å². The summed E-state index contributed by atoms with van der Waals surface area (Å²) in [5.41, 5.74) is 3.78. The van der Waals surface area contributed by atoms with Crippen LogP contribution in [0.25, 0.3) is 0 Å². The molecule has 3 rings (SSSR count). The summed E-state index contributed by atoms with van der Waals surface area (Å²) >= 11 is 0. The maximum atomic E-state index is 4.50. The van der Waals surface area contributed by atoms with Crippen molar-refractivity contribution in [2.24, 2.45) is 0 Å². The molecule has 1 heterocycles. The number of hydrogen-bond donors (Lipinski definition) is 1. The third-order valence-corrected chi connectivity index (χ3v) is 4.36. The van der Waals surface area contributed by atoms with Gasteiger partial charge in [-0.05, 0) is 31.9 Å². The summed E-state index contributed by atoms with van der Waals surface area (Å²) in [6.45, 7) is 8.04. The van der Waals surface area contributed by atoms with Gasteiger partial charge in [0.15, 0.2) is 0 Å². The lowest BCUT2D eigenvalue weighted by Gasteiger charge is -2.28. The van der Waals surface area contributed by atoms with E-state index in [0.717, 1.165) is 24.7 Å². The summed E-state index contributed by atoms with van der Waals surface area (Å²) in [7, 11) is 0. The van der Waals surface area contributed by atoms with Gasteiger partial charge < -0.3 is 10.2 Å². The fraction of sp³-hybridized carbons (Fsp3) is 0.273. The van der Waals surface area contributed by atoms with Crippen LogP contribution in [0.3, 0.4) is 0 Å². The first-order valence-corrected chi connectivity index (χ1v) is 9.04. The van der Waals surface area contributed by atoms with Crippen LogP contribution in [0.1, 0.15) is 30.5 Å². The minimum absolute atomic E-state index is 0.343. The monoisotopic (exact) mass is 346 g/mol. The minimum atomic E-state index is 0.343. The number of nitrogens with zero attached hydrogens (tertiary/aromatic N) is 3.